The first-order chi connectivity index (χ1) is 7.16. The van der Waals surface area contributed by atoms with E-state index in [0.717, 1.165) is 6.26 Å². The Kier molecular flexibility index (Phi) is 2.57. The molecule has 3 N–H and O–H groups in total. The molecule has 1 aliphatic rings. The molecule has 15 heavy (non-hydrogen) atoms. The van der Waals surface area contributed by atoms with Crippen molar-refractivity contribution in [3.63, 3.8) is 0 Å². The first kappa shape index (κ1) is 9.94. The van der Waals surface area contributed by atoms with Crippen LogP contribution >= 0.6 is 0 Å². The van der Waals surface area contributed by atoms with E-state index in [4.69, 9.17) is 14.3 Å². The summed E-state index contributed by atoms with van der Waals surface area (Å²) in [7, 11) is 0. The molecule has 82 valence electrons. The zero-order chi connectivity index (χ0) is 10.8. The van der Waals surface area contributed by atoms with Crippen LogP contribution in [-0.4, -0.2) is 46.5 Å². The number of aromatic carboxylic acids is 1. The molecule has 2 rings (SSSR count). The van der Waals surface area contributed by atoms with Gasteiger partial charge in [-0.15, -0.1) is 0 Å². The summed E-state index contributed by atoms with van der Waals surface area (Å²) in [6, 6.07) is -0.243. The standard InChI is InChI=1S/C8H10N2O5/c11-6-3-14-1-4(6)9-8-10-5(2-15-8)7(12)13/h2,4,6,11H,1,3H2,(H,9,10)(H,12,13)/t4-,6-/m1/s1. The molecule has 0 unspecified atom stereocenters. The molecule has 0 aliphatic carbocycles. The Labute approximate surface area is 84.7 Å². The number of anilines is 1. The first-order valence-electron chi connectivity index (χ1n) is 4.38. The van der Waals surface area contributed by atoms with E-state index in [-0.39, 0.29) is 24.4 Å². The summed E-state index contributed by atoms with van der Waals surface area (Å²) < 4.78 is 9.86. The molecule has 2 atom stereocenters. The van der Waals surface area contributed by atoms with Crippen molar-refractivity contribution in [1.82, 2.24) is 4.98 Å². The lowest BCUT2D eigenvalue weighted by molar-refractivity contribution is 0.0690. The van der Waals surface area contributed by atoms with Gasteiger partial charge in [0.15, 0.2) is 5.69 Å². The highest BCUT2D eigenvalue weighted by Gasteiger charge is 2.27. The van der Waals surface area contributed by atoms with Gasteiger partial charge >= 0.3 is 5.97 Å². The van der Waals surface area contributed by atoms with E-state index in [2.05, 4.69) is 10.3 Å². The Morgan fingerprint density at radius 3 is 2.93 bits per heavy atom. The van der Waals surface area contributed by atoms with E-state index in [1.165, 1.54) is 0 Å². The van der Waals surface area contributed by atoms with E-state index in [1.807, 2.05) is 0 Å². The van der Waals surface area contributed by atoms with Crippen LogP contribution < -0.4 is 5.32 Å². The highest BCUT2D eigenvalue weighted by Crippen LogP contribution is 2.13. The zero-order valence-electron chi connectivity index (χ0n) is 7.71. The highest BCUT2D eigenvalue weighted by molar-refractivity contribution is 5.85. The normalized spacial score (nSPS) is 25.4. The molecule has 2 heterocycles. The van der Waals surface area contributed by atoms with Gasteiger partial charge in [-0.2, -0.15) is 4.98 Å². The summed E-state index contributed by atoms with van der Waals surface area (Å²) in [6.45, 7) is 0.593. The molecule has 0 radical (unpaired) electrons. The van der Waals surface area contributed by atoms with Gasteiger partial charge in [0.05, 0.1) is 25.4 Å². The largest absolute Gasteiger partial charge is 0.476 e. The number of ether oxygens (including phenoxy) is 1. The summed E-state index contributed by atoms with van der Waals surface area (Å²) >= 11 is 0. The van der Waals surface area contributed by atoms with Crippen molar-refractivity contribution in [2.45, 2.75) is 12.1 Å². The SMILES string of the molecule is O=C(O)c1coc(N[C@@H]2COC[C@H]2O)n1. The van der Waals surface area contributed by atoms with Crippen LogP contribution in [0.15, 0.2) is 10.7 Å². The molecular formula is C8H10N2O5. The van der Waals surface area contributed by atoms with E-state index in [1.54, 1.807) is 0 Å². The van der Waals surface area contributed by atoms with Crippen molar-refractivity contribution in [1.29, 1.82) is 0 Å². The van der Waals surface area contributed by atoms with Gasteiger partial charge in [0, 0.05) is 0 Å². The van der Waals surface area contributed by atoms with Crippen molar-refractivity contribution >= 4 is 12.0 Å². The molecule has 0 amide bonds. The predicted octanol–water partition coefficient (Wildman–Crippen LogP) is -0.456. The van der Waals surface area contributed by atoms with Gasteiger partial charge in [-0.1, -0.05) is 0 Å². The summed E-state index contributed by atoms with van der Waals surface area (Å²) in [6.07, 6.45) is 0.400. The Morgan fingerprint density at radius 2 is 2.40 bits per heavy atom. The van der Waals surface area contributed by atoms with Gasteiger partial charge in [-0.3, -0.25) is 0 Å². The number of nitrogens with zero attached hydrogens (tertiary/aromatic N) is 1. The number of carboxylic acids is 1. The average Bonchev–Trinajstić information content (AvgIpc) is 2.77. The second-order valence-electron chi connectivity index (χ2n) is 3.20. The topological polar surface area (TPSA) is 105 Å². The fourth-order valence-electron chi connectivity index (χ4n) is 1.28. The molecule has 1 saturated heterocycles. The van der Waals surface area contributed by atoms with Gasteiger partial charge in [0.1, 0.15) is 6.26 Å². The summed E-state index contributed by atoms with van der Waals surface area (Å²) in [4.78, 5) is 14.2. The van der Waals surface area contributed by atoms with E-state index in [0.29, 0.717) is 6.61 Å². The molecule has 0 saturated carbocycles. The van der Waals surface area contributed by atoms with Gasteiger partial charge < -0.3 is 24.7 Å². The summed E-state index contributed by atoms with van der Waals surface area (Å²) in [5.41, 5.74) is -0.175. The molecule has 1 aliphatic heterocycles. The molecule has 7 nitrogen and oxygen atoms in total. The van der Waals surface area contributed by atoms with Crippen LogP contribution in [0.2, 0.25) is 0 Å². The van der Waals surface area contributed by atoms with Gasteiger partial charge in [-0.25, -0.2) is 4.79 Å². The Hall–Kier alpha value is -1.60. The number of carbonyl (C=O) groups is 1. The molecule has 0 spiro atoms. The van der Waals surface area contributed by atoms with Crippen molar-refractivity contribution in [2.75, 3.05) is 18.5 Å². The van der Waals surface area contributed by atoms with Gasteiger partial charge in [-0.05, 0) is 0 Å². The number of nitrogens with one attached hydrogen (secondary N) is 1. The third-order valence-electron chi connectivity index (χ3n) is 2.08. The van der Waals surface area contributed by atoms with Crippen LogP contribution in [0.1, 0.15) is 10.5 Å². The predicted molar refractivity (Wildman–Crippen MR) is 47.7 cm³/mol. The Morgan fingerprint density at radius 1 is 1.60 bits per heavy atom. The zero-order valence-corrected chi connectivity index (χ0v) is 7.71. The maximum absolute atomic E-state index is 10.5. The quantitative estimate of drug-likeness (QED) is 0.625. The molecule has 1 aromatic heterocycles. The number of carboxylic acid groups (broad SMARTS) is 1. The monoisotopic (exact) mass is 214 g/mol. The smallest absolute Gasteiger partial charge is 0.357 e. The second-order valence-corrected chi connectivity index (χ2v) is 3.20. The van der Waals surface area contributed by atoms with Crippen LogP contribution in [0, 0.1) is 0 Å². The lowest BCUT2D eigenvalue weighted by Gasteiger charge is -2.11. The number of aliphatic hydroxyl groups excluding tert-OH is 1. The molecule has 0 bridgehead atoms. The fourth-order valence-corrected chi connectivity index (χ4v) is 1.28. The van der Waals surface area contributed by atoms with Crippen molar-refractivity contribution < 1.29 is 24.2 Å². The van der Waals surface area contributed by atoms with Crippen molar-refractivity contribution in [3.8, 4) is 0 Å². The second kappa shape index (κ2) is 3.87. The highest BCUT2D eigenvalue weighted by atomic mass is 16.5. The fraction of sp³-hybridized carbons (Fsp3) is 0.500. The number of hydrogen-bond acceptors (Lipinski definition) is 6. The third kappa shape index (κ3) is 2.08. The molecule has 1 aromatic rings. The lowest BCUT2D eigenvalue weighted by atomic mass is 10.2. The van der Waals surface area contributed by atoms with Crippen molar-refractivity contribution in [3.05, 3.63) is 12.0 Å². The van der Waals surface area contributed by atoms with E-state index < -0.39 is 12.1 Å². The third-order valence-corrected chi connectivity index (χ3v) is 2.08. The number of oxazole rings is 1. The van der Waals surface area contributed by atoms with Gasteiger partial charge in [0.2, 0.25) is 0 Å². The first-order valence-corrected chi connectivity index (χ1v) is 4.38. The minimum atomic E-state index is -1.16. The van der Waals surface area contributed by atoms with Crippen LogP contribution in [0.5, 0.6) is 0 Å². The van der Waals surface area contributed by atoms with Crippen LogP contribution in [-0.2, 0) is 4.74 Å². The minimum absolute atomic E-state index is 0.0713. The van der Waals surface area contributed by atoms with Crippen LogP contribution in [0.4, 0.5) is 6.01 Å². The average molecular weight is 214 g/mol. The number of hydrogen-bond donors (Lipinski definition) is 3. The summed E-state index contributed by atoms with van der Waals surface area (Å²) in [5.74, 6) is -1.16. The molecule has 0 aromatic carbocycles. The maximum Gasteiger partial charge on any atom is 0.357 e. The number of rotatable bonds is 3. The number of aromatic nitrogens is 1. The minimum Gasteiger partial charge on any atom is -0.476 e. The number of aliphatic hydroxyl groups is 1. The van der Waals surface area contributed by atoms with Crippen molar-refractivity contribution in [2.24, 2.45) is 0 Å². The lowest BCUT2D eigenvalue weighted by Crippen LogP contribution is -2.31. The van der Waals surface area contributed by atoms with Crippen LogP contribution in [0.3, 0.4) is 0 Å². The Bertz CT molecular complexity index is 364. The van der Waals surface area contributed by atoms with E-state index in [9.17, 15) is 9.90 Å². The van der Waals surface area contributed by atoms with Crippen LogP contribution in [0.25, 0.3) is 0 Å². The molecule has 1 fully saturated rings. The molecular weight excluding hydrogens is 204 g/mol. The van der Waals surface area contributed by atoms with Gasteiger partial charge in [0.25, 0.3) is 6.01 Å². The summed E-state index contributed by atoms with van der Waals surface area (Å²) in [5, 5.41) is 20.7. The molecule has 7 heteroatoms. The maximum atomic E-state index is 10.5. The Balaban J connectivity index is 2.01. The van der Waals surface area contributed by atoms with E-state index >= 15 is 0 Å².